The number of urea groups is 1. The molecule has 178 valence electrons. The molecule has 3 aromatic rings. The zero-order valence-electron chi connectivity index (χ0n) is 19.1. The van der Waals surface area contributed by atoms with Gasteiger partial charge in [-0.2, -0.15) is 0 Å². The van der Waals surface area contributed by atoms with E-state index in [4.69, 9.17) is 4.74 Å². The van der Waals surface area contributed by atoms with Crippen molar-refractivity contribution in [1.82, 2.24) is 15.3 Å². The van der Waals surface area contributed by atoms with Crippen LogP contribution in [0.5, 0.6) is 5.75 Å². The molecule has 2 amide bonds. The first-order chi connectivity index (χ1) is 16.6. The van der Waals surface area contributed by atoms with Crippen molar-refractivity contribution in [2.24, 2.45) is 0 Å². The number of anilines is 3. The van der Waals surface area contributed by atoms with Crippen LogP contribution >= 0.6 is 11.3 Å². The van der Waals surface area contributed by atoms with E-state index in [0.29, 0.717) is 18.1 Å². The number of rotatable bonds is 7. The van der Waals surface area contributed by atoms with E-state index in [9.17, 15) is 9.90 Å². The molecule has 2 aliphatic carbocycles. The summed E-state index contributed by atoms with van der Waals surface area (Å²) in [5.41, 5.74) is 3.40. The van der Waals surface area contributed by atoms with Crippen LogP contribution in [0.4, 0.5) is 21.4 Å². The predicted molar refractivity (Wildman–Crippen MR) is 134 cm³/mol. The number of benzene rings is 1. The molecule has 0 bridgehead atoms. The molecule has 2 aromatic heterocycles. The van der Waals surface area contributed by atoms with Crippen molar-refractivity contribution >= 4 is 34.0 Å². The maximum Gasteiger partial charge on any atom is 0.319 e. The zero-order valence-corrected chi connectivity index (χ0v) is 20.0. The van der Waals surface area contributed by atoms with E-state index in [1.54, 1.807) is 17.5 Å². The van der Waals surface area contributed by atoms with Gasteiger partial charge < -0.3 is 25.8 Å². The number of pyridine rings is 1. The second-order valence-corrected chi connectivity index (χ2v) is 9.71. The third-order valence-corrected chi connectivity index (χ3v) is 7.23. The molecule has 8 nitrogen and oxygen atoms in total. The van der Waals surface area contributed by atoms with Crippen LogP contribution < -0.4 is 20.7 Å². The van der Waals surface area contributed by atoms with Crippen LogP contribution in [0.1, 0.15) is 55.7 Å². The molecule has 2 heterocycles. The van der Waals surface area contributed by atoms with Crippen molar-refractivity contribution < 1.29 is 14.6 Å². The summed E-state index contributed by atoms with van der Waals surface area (Å²) >= 11 is 1.57. The molecule has 1 unspecified atom stereocenters. The predicted octanol–water partition coefficient (Wildman–Crippen LogP) is 5.39. The normalized spacial score (nSPS) is 17.4. The Morgan fingerprint density at radius 2 is 2.00 bits per heavy atom. The van der Waals surface area contributed by atoms with Gasteiger partial charge in [0.25, 0.3) is 0 Å². The van der Waals surface area contributed by atoms with Gasteiger partial charge in [-0.25, -0.2) is 14.8 Å². The number of thiazole rings is 1. The number of hydrogen-bond donors (Lipinski definition) is 4. The molecule has 0 saturated heterocycles. The van der Waals surface area contributed by atoms with Crippen LogP contribution in [0.15, 0.2) is 36.5 Å². The summed E-state index contributed by atoms with van der Waals surface area (Å²) in [5.74, 6) is 1.32. The minimum Gasteiger partial charge on any atom is -0.486 e. The molecule has 1 saturated carbocycles. The fourth-order valence-corrected chi connectivity index (χ4v) is 5.22. The lowest BCUT2D eigenvalue weighted by Gasteiger charge is -2.28. The Morgan fingerprint density at radius 1 is 1.18 bits per heavy atom. The van der Waals surface area contributed by atoms with E-state index in [-0.39, 0.29) is 12.1 Å². The summed E-state index contributed by atoms with van der Waals surface area (Å²) < 4.78 is 6.41. The third kappa shape index (κ3) is 4.85. The standard InChI is InChI=1S/C25H29N5O3S/c1-2-26-24(32)28-16-11-9-15(10-12-16)18-13-14-27-23(22(18)33-17-5-3-6-17)30-25-29-21-19(31)7-4-8-20(21)34-25/h9-14,17,19,31H,2-8H2,1H3,(H2,26,28,32)(H,27,29,30). The SMILES string of the molecule is CCNC(=O)Nc1ccc(-c2ccnc(Nc3nc4c(s3)CCCC4O)c2OC2CCC2)cc1. The van der Waals surface area contributed by atoms with Gasteiger partial charge in [0.1, 0.15) is 0 Å². The van der Waals surface area contributed by atoms with Crippen LogP contribution in [0, 0.1) is 0 Å². The monoisotopic (exact) mass is 479 g/mol. The average Bonchev–Trinajstić information content (AvgIpc) is 3.21. The average molecular weight is 480 g/mol. The van der Waals surface area contributed by atoms with Gasteiger partial charge in [-0.05, 0) is 69.2 Å². The zero-order chi connectivity index (χ0) is 23.5. The number of amides is 2. The summed E-state index contributed by atoms with van der Waals surface area (Å²) in [6.07, 6.45) is 7.34. The third-order valence-electron chi connectivity index (χ3n) is 6.18. The number of aryl methyl sites for hydroxylation is 1. The maximum absolute atomic E-state index is 11.8. The number of nitrogens with zero attached hydrogens (tertiary/aromatic N) is 2. The van der Waals surface area contributed by atoms with Crippen LogP contribution in [-0.4, -0.2) is 33.8 Å². The molecule has 34 heavy (non-hydrogen) atoms. The second kappa shape index (κ2) is 9.99. The van der Waals surface area contributed by atoms with E-state index < -0.39 is 6.10 Å². The summed E-state index contributed by atoms with van der Waals surface area (Å²) in [7, 11) is 0. The molecular weight excluding hydrogens is 450 g/mol. The van der Waals surface area contributed by atoms with Gasteiger partial charge in [0.15, 0.2) is 16.7 Å². The van der Waals surface area contributed by atoms with Gasteiger partial charge in [0.05, 0.1) is 17.9 Å². The first-order valence-corrected chi connectivity index (χ1v) is 12.7. The Morgan fingerprint density at radius 3 is 2.71 bits per heavy atom. The minimum absolute atomic E-state index is 0.175. The number of aliphatic hydroxyl groups is 1. The molecule has 0 aliphatic heterocycles. The molecule has 1 atom stereocenters. The summed E-state index contributed by atoms with van der Waals surface area (Å²) in [4.78, 5) is 22.2. The molecule has 9 heteroatoms. The number of carbonyl (C=O) groups is 1. The van der Waals surface area contributed by atoms with E-state index in [0.717, 1.165) is 64.6 Å². The lowest BCUT2D eigenvalue weighted by molar-refractivity contribution is 0.121. The quantitative estimate of drug-likeness (QED) is 0.362. The van der Waals surface area contributed by atoms with E-state index >= 15 is 0 Å². The van der Waals surface area contributed by atoms with Crippen LogP contribution in [0.2, 0.25) is 0 Å². The summed E-state index contributed by atoms with van der Waals surface area (Å²) in [5, 5.41) is 19.9. The number of nitrogens with one attached hydrogen (secondary N) is 3. The summed E-state index contributed by atoms with van der Waals surface area (Å²) in [6, 6.07) is 9.40. The van der Waals surface area contributed by atoms with E-state index in [1.807, 2.05) is 37.3 Å². The molecule has 2 aliphatic rings. The lowest BCUT2D eigenvalue weighted by Crippen LogP contribution is -2.28. The number of fused-ring (bicyclic) bond motifs is 1. The van der Waals surface area contributed by atoms with Crippen LogP contribution in [-0.2, 0) is 6.42 Å². The van der Waals surface area contributed by atoms with E-state index in [1.165, 1.54) is 6.42 Å². The van der Waals surface area contributed by atoms with E-state index in [2.05, 4.69) is 25.9 Å². The highest BCUT2D eigenvalue weighted by atomic mass is 32.1. The van der Waals surface area contributed by atoms with Gasteiger partial charge in [-0.3, -0.25) is 0 Å². The maximum atomic E-state index is 11.8. The van der Waals surface area contributed by atoms with Gasteiger partial charge in [-0.1, -0.05) is 12.1 Å². The Balaban J connectivity index is 1.43. The van der Waals surface area contributed by atoms with Crippen molar-refractivity contribution in [2.45, 2.75) is 57.7 Å². The number of hydrogen-bond acceptors (Lipinski definition) is 7. The van der Waals surface area contributed by atoms with Crippen molar-refractivity contribution in [1.29, 1.82) is 0 Å². The highest BCUT2D eigenvalue weighted by molar-refractivity contribution is 7.15. The Hall–Kier alpha value is -3.17. The minimum atomic E-state index is -0.493. The second-order valence-electron chi connectivity index (χ2n) is 8.63. The summed E-state index contributed by atoms with van der Waals surface area (Å²) in [6.45, 7) is 2.45. The molecule has 4 N–H and O–H groups in total. The van der Waals surface area contributed by atoms with Gasteiger partial charge in [-0.15, -0.1) is 11.3 Å². The number of ether oxygens (including phenoxy) is 1. The van der Waals surface area contributed by atoms with Crippen molar-refractivity contribution in [3.8, 4) is 16.9 Å². The fourth-order valence-electron chi connectivity index (χ4n) is 4.16. The molecule has 1 aromatic carbocycles. The van der Waals surface area contributed by atoms with Crippen molar-refractivity contribution in [3.05, 3.63) is 47.1 Å². The smallest absolute Gasteiger partial charge is 0.319 e. The Labute approximate surface area is 202 Å². The number of aliphatic hydroxyl groups excluding tert-OH is 1. The molecule has 1 fully saturated rings. The lowest BCUT2D eigenvalue weighted by atomic mass is 9.96. The van der Waals surface area contributed by atoms with Gasteiger partial charge >= 0.3 is 6.03 Å². The first kappa shape index (κ1) is 22.6. The largest absolute Gasteiger partial charge is 0.486 e. The molecule has 0 spiro atoms. The Bertz CT molecular complexity index is 1160. The molecule has 0 radical (unpaired) electrons. The molecular formula is C25H29N5O3S. The van der Waals surface area contributed by atoms with Crippen molar-refractivity contribution in [2.75, 3.05) is 17.2 Å². The van der Waals surface area contributed by atoms with Gasteiger partial charge in [0.2, 0.25) is 0 Å². The highest BCUT2D eigenvalue weighted by Gasteiger charge is 2.26. The fraction of sp³-hybridized carbons (Fsp3) is 0.400. The van der Waals surface area contributed by atoms with Crippen LogP contribution in [0.3, 0.4) is 0 Å². The number of aromatic nitrogens is 2. The van der Waals surface area contributed by atoms with Crippen LogP contribution in [0.25, 0.3) is 11.1 Å². The Kier molecular flexibility index (Phi) is 6.64. The van der Waals surface area contributed by atoms with Gasteiger partial charge in [0, 0.05) is 28.9 Å². The molecule has 5 rings (SSSR count). The number of carbonyl (C=O) groups excluding carboxylic acids is 1. The first-order valence-electron chi connectivity index (χ1n) is 11.9. The topological polar surface area (TPSA) is 108 Å². The van der Waals surface area contributed by atoms with Crippen molar-refractivity contribution in [3.63, 3.8) is 0 Å². The highest BCUT2D eigenvalue weighted by Crippen LogP contribution is 2.41.